The molecular weight excluding hydrogens is 428 g/mol. The summed E-state index contributed by atoms with van der Waals surface area (Å²) in [5.74, 6) is 0.118. The zero-order valence-electron chi connectivity index (χ0n) is 17.4. The van der Waals surface area contributed by atoms with E-state index in [1.54, 1.807) is 0 Å². The van der Waals surface area contributed by atoms with Gasteiger partial charge in [-0.3, -0.25) is 4.79 Å². The Morgan fingerprint density at radius 2 is 1.77 bits per heavy atom. The van der Waals surface area contributed by atoms with Crippen LogP contribution in [0.2, 0.25) is 5.02 Å². The second-order valence-corrected chi connectivity index (χ2v) is 8.74. The normalized spacial score (nSPS) is 12.1. The molecular formula is C24H23ClN4OS. The number of halogens is 1. The lowest BCUT2D eigenvalue weighted by atomic mass is 9.91. The lowest BCUT2D eigenvalue weighted by Gasteiger charge is -2.19. The molecule has 2 aromatic heterocycles. The van der Waals surface area contributed by atoms with Gasteiger partial charge in [0.05, 0.1) is 5.75 Å². The molecule has 0 bridgehead atoms. The standard InChI is InChI=1S/C24H23ClN4OS/c1-15-11-16(2)29-24(28-15)31-14-23(30)27-13-19(17-7-3-5-9-21(17)25)20-12-26-22-10-6-4-8-18(20)22/h3-12,19,26H,13-14H2,1-2H3,(H,27,30). The van der Waals surface area contributed by atoms with Crippen molar-refractivity contribution in [3.8, 4) is 0 Å². The molecule has 2 N–H and O–H groups in total. The molecule has 0 saturated heterocycles. The Labute approximate surface area is 190 Å². The average Bonchev–Trinajstić information content (AvgIpc) is 3.17. The van der Waals surface area contributed by atoms with Gasteiger partial charge in [-0.25, -0.2) is 9.97 Å². The smallest absolute Gasteiger partial charge is 0.230 e. The van der Waals surface area contributed by atoms with E-state index in [0.29, 0.717) is 16.7 Å². The predicted octanol–water partition coefficient (Wildman–Crippen LogP) is 5.27. The minimum atomic E-state index is -0.0729. The van der Waals surface area contributed by atoms with E-state index in [0.717, 1.165) is 33.4 Å². The van der Waals surface area contributed by atoms with Crippen molar-refractivity contribution >= 4 is 40.2 Å². The van der Waals surface area contributed by atoms with E-state index >= 15 is 0 Å². The quantitative estimate of drug-likeness (QED) is 0.297. The first-order valence-electron chi connectivity index (χ1n) is 10.0. The van der Waals surface area contributed by atoms with E-state index in [1.807, 2.05) is 68.6 Å². The molecule has 7 heteroatoms. The van der Waals surface area contributed by atoms with E-state index in [2.05, 4.69) is 26.3 Å². The van der Waals surface area contributed by atoms with Crippen molar-refractivity contribution in [1.29, 1.82) is 0 Å². The van der Waals surface area contributed by atoms with Crippen molar-refractivity contribution in [3.05, 3.63) is 88.3 Å². The number of nitrogens with one attached hydrogen (secondary N) is 2. The summed E-state index contributed by atoms with van der Waals surface area (Å²) < 4.78 is 0. The molecule has 1 unspecified atom stereocenters. The maximum Gasteiger partial charge on any atom is 0.230 e. The second-order valence-electron chi connectivity index (χ2n) is 7.39. The van der Waals surface area contributed by atoms with Crippen molar-refractivity contribution < 1.29 is 4.79 Å². The number of H-pyrrole nitrogens is 1. The fourth-order valence-corrected chi connectivity index (χ4v) is 4.73. The Kier molecular flexibility index (Phi) is 6.59. The highest BCUT2D eigenvalue weighted by molar-refractivity contribution is 7.99. The molecule has 0 spiro atoms. The third kappa shape index (κ3) is 5.09. The monoisotopic (exact) mass is 450 g/mol. The number of nitrogens with zero attached hydrogens (tertiary/aromatic N) is 2. The molecule has 0 saturated carbocycles. The summed E-state index contributed by atoms with van der Waals surface area (Å²) in [7, 11) is 0. The molecule has 0 radical (unpaired) electrons. The molecule has 0 fully saturated rings. The molecule has 158 valence electrons. The number of aryl methyl sites for hydroxylation is 2. The van der Waals surface area contributed by atoms with Crippen LogP contribution in [0.1, 0.15) is 28.4 Å². The van der Waals surface area contributed by atoms with Gasteiger partial charge in [0.15, 0.2) is 5.16 Å². The van der Waals surface area contributed by atoms with E-state index in [9.17, 15) is 4.79 Å². The van der Waals surface area contributed by atoms with Gasteiger partial charge < -0.3 is 10.3 Å². The highest BCUT2D eigenvalue weighted by atomic mass is 35.5. The van der Waals surface area contributed by atoms with Crippen LogP contribution < -0.4 is 5.32 Å². The van der Waals surface area contributed by atoms with Crippen molar-refractivity contribution in [3.63, 3.8) is 0 Å². The maximum atomic E-state index is 12.6. The van der Waals surface area contributed by atoms with Crippen LogP contribution in [0.3, 0.4) is 0 Å². The predicted molar refractivity (Wildman–Crippen MR) is 127 cm³/mol. The Morgan fingerprint density at radius 1 is 1.06 bits per heavy atom. The summed E-state index contributed by atoms with van der Waals surface area (Å²) in [6.45, 7) is 4.29. The summed E-state index contributed by atoms with van der Waals surface area (Å²) >= 11 is 7.87. The topological polar surface area (TPSA) is 70.7 Å². The maximum absolute atomic E-state index is 12.6. The number of aromatic nitrogens is 3. The van der Waals surface area contributed by atoms with Crippen LogP contribution in [0.4, 0.5) is 0 Å². The lowest BCUT2D eigenvalue weighted by molar-refractivity contribution is -0.118. The summed E-state index contributed by atoms with van der Waals surface area (Å²) in [6, 6.07) is 17.8. The fraction of sp³-hybridized carbons (Fsp3) is 0.208. The van der Waals surface area contributed by atoms with Gasteiger partial charge in [0.1, 0.15) is 0 Å². The molecule has 0 aliphatic carbocycles. The van der Waals surface area contributed by atoms with Crippen LogP contribution in [-0.4, -0.2) is 33.2 Å². The van der Waals surface area contributed by atoms with Crippen LogP contribution >= 0.6 is 23.4 Å². The van der Waals surface area contributed by atoms with Crippen LogP contribution in [-0.2, 0) is 4.79 Å². The van der Waals surface area contributed by atoms with Gasteiger partial charge in [0, 0.05) is 46.0 Å². The van der Waals surface area contributed by atoms with Crippen molar-refractivity contribution in [2.75, 3.05) is 12.3 Å². The van der Waals surface area contributed by atoms with E-state index in [-0.39, 0.29) is 17.6 Å². The van der Waals surface area contributed by atoms with Crippen molar-refractivity contribution in [2.45, 2.75) is 24.9 Å². The summed E-state index contributed by atoms with van der Waals surface area (Å²) in [4.78, 5) is 24.7. The molecule has 31 heavy (non-hydrogen) atoms. The molecule has 2 aromatic carbocycles. The zero-order valence-corrected chi connectivity index (χ0v) is 18.9. The van der Waals surface area contributed by atoms with Crippen LogP contribution in [0, 0.1) is 13.8 Å². The SMILES string of the molecule is Cc1cc(C)nc(SCC(=O)NCC(c2ccccc2Cl)c2c[nH]c3ccccc23)n1. The van der Waals surface area contributed by atoms with Crippen LogP contribution in [0.25, 0.3) is 10.9 Å². The Balaban J connectivity index is 1.51. The molecule has 4 rings (SSSR count). The number of thioether (sulfide) groups is 1. The van der Waals surface area contributed by atoms with E-state index in [1.165, 1.54) is 11.8 Å². The van der Waals surface area contributed by atoms with Gasteiger partial charge in [0.25, 0.3) is 0 Å². The number of hydrogen-bond donors (Lipinski definition) is 2. The van der Waals surface area contributed by atoms with Gasteiger partial charge in [-0.15, -0.1) is 0 Å². The minimum Gasteiger partial charge on any atom is -0.361 e. The highest BCUT2D eigenvalue weighted by Gasteiger charge is 2.21. The third-order valence-electron chi connectivity index (χ3n) is 5.07. The summed E-state index contributed by atoms with van der Waals surface area (Å²) in [5, 5.41) is 5.50. The number of carbonyl (C=O) groups excluding carboxylic acids is 1. The summed E-state index contributed by atoms with van der Waals surface area (Å²) in [5.41, 5.74) is 4.94. The summed E-state index contributed by atoms with van der Waals surface area (Å²) in [6.07, 6.45) is 2.00. The Hall–Kier alpha value is -2.83. The number of benzene rings is 2. The highest BCUT2D eigenvalue weighted by Crippen LogP contribution is 2.34. The largest absolute Gasteiger partial charge is 0.361 e. The van der Waals surface area contributed by atoms with Crippen LogP contribution in [0.15, 0.2) is 66.0 Å². The molecule has 1 amide bonds. The lowest BCUT2D eigenvalue weighted by Crippen LogP contribution is -2.30. The Morgan fingerprint density at radius 3 is 2.55 bits per heavy atom. The number of para-hydroxylation sites is 1. The molecule has 2 heterocycles. The number of fused-ring (bicyclic) bond motifs is 1. The molecule has 0 aliphatic heterocycles. The number of carbonyl (C=O) groups is 1. The average molecular weight is 451 g/mol. The van der Waals surface area contributed by atoms with Gasteiger partial charge in [-0.05, 0) is 43.2 Å². The first-order chi connectivity index (χ1) is 15.0. The van der Waals surface area contributed by atoms with Crippen molar-refractivity contribution in [2.24, 2.45) is 0 Å². The number of rotatable bonds is 7. The van der Waals surface area contributed by atoms with Crippen molar-refractivity contribution in [1.82, 2.24) is 20.3 Å². The first kappa shape index (κ1) is 21.4. The van der Waals surface area contributed by atoms with Gasteiger partial charge in [-0.1, -0.05) is 59.8 Å². The number of hydrogen-bond acceptors (Lipinski definition) is 4. The second kappa shape index (κ2) is 9.54. The van der Waals surface area contributed by atoms with Gasteiger partial charge >= 0.3 is 0 Å². The molecule has 1 atom stereocenters. The van der Waals surface area contributed by atoms with Crippen LogP contribution in [0.5, 0.6) is 0 Å². The number of amides is 1. The molecule has 4 aromatic rings. The number of aromatic amines is 1. The fourth-order valence-electron chi connectivity index (χ4n) is 3.68. The minimum absolute atomic E-state index is 0.0651. The zero-order chi connectivity index (χ0) is 21.8. The van der Waals surface area contributed by atoms with E-state index in [4.69, 9.17) is 11.6 Å². The Bertz CT molecular complexity index is 1200. The van der Waals surface area contributed by atoms with Gasteiger partial charge in [0.2, 0.25) is 5.91 Å². The third-order valence-corrected chi connectivity index (χ3v) is 6.27. The van der Waals surface area contributed by atoms with E-state index < -0.39 is 0 Å². The molecule has 0 aliphatic rings. The van der Waals surface area contributed by atoms with Gasteiger partial charge in [-0.2, -0.15) is 0 Å². The first-order valence-corrected chi connectivity index (χ1v) is 11.4. The molecule has 5 nitrogen and oxygen atoms in total.